The first kappa shape index (κ1) is 18.3. The van der Waals surface area contributed by atoms with E-state index in [1.165, 1.54) is 12.1 Å². The number of carbonyl (C=O) groups is 1. The maximum atomic E-state index is 12.1. The molecule has 2 aromatic rings. The van der Waals surface area contributed by atoms with Crippen LogP contribution in [-0.2, 0) is 21.2 Å². The van der Waals surface area contributed by atoms with Gasteiger partial charge in [0.15, 0.2) is 0 Å². The topological polar surface area (TPSA) is 83.5 Å². The van der Waals surface area contributed by atoms with Crippen molar-refractivity contribution in [1.82, 2.24) is 4.72 Å². The van der Waals surface area contributed by atoms with Gasteiger partial charge < -0.3 is 5.11 Å². The van der Waals surface area contributed by atoms with Crippen molar-refractivity contribution in [3.05, 3.63) is 65.7 Å². The predicted octanol–water partition coefficient (Wildman–Crippen LogP) is 2.40. The molecule has 0 aliphatic rings. The van der Waals surface area contributed by atoms with Crippen molar-refractivity contribution < 1.29 is 18.3 Å². The molecule has 0 fully saturated rings. The fraction of sp³-hybridized carbons (Fsp3) is 0.176. The van der Waals surface area contributed by atoms with Gasteiger partial charge >= 0.3 is 5.97 Å². The molecule has 0 saturated heterocycles. The third kappa shape index (κ3) is 5.23. The number of hydrogen-bond acceptors (Lipinski definition) is 4. The molecule has 0 atom stereocenters. The Morgan fingerprint density at radius 1 is 1.04 bits per heavy atom. The quantitative estimate of drug-likeness (QED) is 0.556. The number of sulfonamides is 1. The maximum Gasteiger partial charge on any atom is 0.303 e. The van der Waals surface area contributed by atoms with E-state index < -0.39 is 16.0 Å². The summed E-state index contributed by atoms with van der Waals surface area (Å²) in [4.78, 5) is 11.2. The Morgan fingerprint density at radius 2 is 1.67 bits per heavy atom. The standard InChI is InChI=1S/C17H17NO4S2/c19-17(20)11-8-13-6-9-14(10-7-13)16(23)12-18-24(21,22)15-4-2-1-3-5-15/h1-7,9-10,18H,8,11-12H2,(H,19,20). The molecule has 0 unspecified atom stereocenters. The number of rotatable bonds is 8. The highest BCUT2D eigenvalue weighted by atomic mass is 32.2. The molecule has 0 spiro atoms. The van der Waals surface area contributed by atoms with Gasteiger partial charge in [-0.05, 0) is 29.7 Å². The van der Waals surface area contributed by atoms with Gasteiger partial charge in [0.25, 0.3) is 0 Å². The summed E-state index contributed by atoms with van der Waals surface area (Å²) in [6.07, 6.45) is 0.518. The van der Waals surface area contributed by atoms with Gasteiger partial charge in [-0.3, -0.25) is 4.79 Å². The second-order valence-electron chi connectivity index (χ2n) is 5.15. The second kappa shape index (κ2) is 8.14. The molecule has 7 heteroatoms. The van der Waals surface area contributed by atoms with Crippen LogP contribution in [0.2, 0.25) is 0 Å². The van der Waals surface area contributed by atoms with E-state index in [4.69, 9.17) is 17.3 Å². The van der Waals surface area contributed by atoms with Crippen molar-refractivity contribution in [2.45, 2.75) is 17.7 Å². The van der Waals surface area contributed by atoms with Crippen LogP contribution < -0.4 is 4.72 Å². The van der Waals surface area contributed by atoms with Crippen molar-refractivity contribution in [2.75, 3.05) is 6.54 Å². The van der Waals surface area contributed by atoms with Crippen molar-refractivity contribution >= 4 is 33.1 Å². The molecule has 0 aromatic heterocycles. The summed E-state index contributed by atoms with van der Waals surface area (Å²) < 4.78 is 26.8. The first-order chi connectivity index (χ1) is 11.4. The van der Waals surface area contributed by atoms with E-state index >= 15 is 0 Å². The van der Waals surface area contributed by atoms with Crippen LogP contribution in [0.25, 0.3) is 0 Å². The Hall–Kier alpha value is -2.09. The largest absolute Gasteiger partial charge is 0.481 e. The van der Waals surface area contributed by atoms with Crippen molar-refractivity contribution in [3.63, 3.8) is 0 Å². The summed E-state index contributed by atoms with van der Waals surface area (Å²) in [5.74, 6) is -0.843. The van der Waals surface area contributed by atoms with Crippen LogP contribution in [0.1, 0.15) is 17.5 Å². The summed E-state index contributed by atoms with van der Waals surface area (Å²) in [6, 6.07) is 15.2. The average Bonchev–Trinajstić information content (AvgIpc) is 2.59. The van der Waals surface area contributed by atoms with Crippen molar-refractivity contribution in [1.29, 1.82) is 0 Å². The number of aliphatic carboxylic acids is 1. The number of carboxylic acid groups (broad SMARTS) is 1. The number of nitrogens with one attached hydrogen (secondary N) is 1. The highest BCUT2D eigenvalue weighted by Gasteiger charge is 2.14. The Labute approximate surface area is 146 Å². The molecule has 2 rings (SSSR count). The Bertz CT molecular complexity index is 815. The first-order valence-electron chi connectivity index (χ1n) is 7.27. The molecule has 24 heavy (non-hydrogen) atoms. The molecule has 0 aliphatic carbocycles. The number of carboxylic acids is 1. The first-order valence-corrected chi connectivity index (χ1v) is 9.16. The van der Waals surface area contributed by atoms with Crippen LogP contribution in [-0.4, -0.2) is 30.9 Å². The van der Waals surface area contributed by atoms with E-state index in [0.717, 1.165) is 11.1 Å². The van der Waals surface area contributed by atoms with E-state index in [0.29, 0.717) is 11.3 Å². The van der Waals surface area contributed by atoms with Crippen molar-refractivity contribution in [2.24, 2.45) is 0 Å². The third-order valence-electron chi connectivity index (χ3n) is 3.38. The molecule has 0 bridgehead atoms. The maximum absolute atomic E-state index is 12.1. The Morgan fingerprint density at radius 3 is 2.25 bits per heavy atom. The van der Waals surface area contributed by atoms with Gasteiger partial charge in [-0.1, -0.05) is 54.7 Å². The highest BCUT2D eigenvalue weighted by molar-refractivity contribution is 7.89. The normalized spacial score (nSPS) is 11.2. The summed E-state index contributed by atoms with van der Waals surface area (Å²) in [7, 11) is -3.59. The van der Waals surface area contributed by atoms with Crippen molar-refractivity contribution in [3.8, 4) is 0 Å². The van der Waals surface area contributed by atoms with Crippen LogP contribution in [0.4, 0.5) is 0 Å². The highest BCUT2D eigenvalue weighted by Crippen LogP contribution is 2.10. The molecule has 2 N–H and O–H groups in total. The molecule has 0 heterocycles. The zero-order valence-electron chi connectivity index (χ0n) is 12.8. The van der Waals surface area contributed by atoms with Gasteiger partial charge in [-0.2, -0.15) is 0 Å². The smallest absolute Gasteiger partial charge is 0.303 e. The molecule has 2 aromatic carbocycles. The predicted molar refractivity (Wildman–Crippen MR) is 95.7 cm³/mol. The second-order valence-corrected chi connectivity index (χ2v) is 7.41. The van der Waals surface area contributed by atoms with Gasteiger partial charge in [0.1, 0.15) is 0 Å². The minimum atomic E-state index is -3.59. The van der Waals surface area contributed by atoms with Crippen LogP contribution in [0.15, 0.2) is 59.5 Å². The van der Waals surface area contributed by atoms with Crippen LogP contribution in [0, 0.1) is 0 Å². The van der Waals surface area contributed by atoms with Crippen LogP contribution in [0.3, 0.4) is 0 Å². The van der Waals surface area contributed by atoms with Gasteiger partial charge in [0.05, 0.1) is 4.90 Å². The lowest BCUT2D eigenvalue weighted by atomic mass is 10.1. The molecule has 126 valence electrons. The molecule has 5 nitrogen and oxygen atoms in total. The molecular weight excluding hydrogens is 346 g/mol. The Kier molecular flexibility index (Phi) is 6.19. The molecule has 0 radical (unpaired) electrons. The summed E-state index contributed by atoms with van der Waals surface area (Å²) >= 11 is 5.27. The molecule has 0 aliphatic heterocycles. The van der Waals surface area contributed by atoms with Gasteiger partial charge in [0, 0.05) is 17.8 Å². The van der Waals surface area contributed by atoms with Crippen LogP contribution in [0.5, 0.6) is 0 Å². The molecule has 0 saturated carbocycles. The number of hydrogen-bond donors (Lipinski definition) is 2. The lowest BCUT2D eigenvalue weighted by Gasteiger charge is -2.08. The van der Waals surface area contributed by atoms with E-state index in [-0.39, 0.29) is 17.9 Å². The molecular formula is C17H17NO4S2. The van der Waals surface area contributed by atoms with E-state index in [9.17, 15) is 13.2 Å². The lowest BCUT2D eigenvalue weighted by Crippen LogP contribution is -2.29. The van der Waals surface area contributed by atoms with Crippen LogP contribution >= 0.6 is 12.2 Å². The summed E-state index contributed by atoms with van der Waals surface area (Å²) in [5, 5.41) is 8.67. The Balaban J connectivity index is 1.96. The lowest BCUT2D eigenvalue weighted by molar-refractivity contribution is -0.136. The van der Waals surface area contributed by atoms with Gasteiger partial charge in [0.2, 0.25) is 10.0 Å². The summed E-state index contributed by atoms with van der Waals surface area (Å²) in [6.45, 7) is 0.0288. The average molecular weight is 363 g/mol. The zero-order valence-corrected chi connectivity index (χ0v) is 14.4. The fourth-order valence-electron chi connectivity index (χ4n) is 2.05. The summed E-state index contributed by atoms with van der Waals surface area (Å²) in [5.41, 5.74) is 1.63. The third-order valence-corrected chi connectivity index (χ3v) is 5.18. The van der Waals surface area contributed by atoms with E-state index in [2.05, 4.69) is 4.72 Å². The van der Waals surface area contributed by atoms with Gasteiger partial charge in [-0.15, -0.1) is 0 Å². The monoisotopic (exact) mass is 363 g/mol. The SMILES string of the molecule is O=C(O)CCc1ccc(C(=S)CNS(=O)(=O)c2ccccc2)cc1. The van der Waals surface area contributed by atoms with E-state index in [1.807, 2.05) is 0 Å². The number of benzene rings is 2. The fourth-order valence-corrected chi connectivity index (χ4v) is 3.37. The zero-order chi connectivity index (χ0) is 17.6. The van der Waals surface area contributed by atoms with Gasteiger partial charge in [-0.25, -0.2) is 13.1 Å². The van der Waals surface area contributed by atoms with E-state index in [1.54, 1.807) is 42.5 Å². The minimum Gasteiger partial charge on any atom is -0.481 e. The molecule has 0 amide bonds. The number of aryl methyl sites for hydroxylation is 1. The minimum absolute atomic E-state index is 0.0288. The number of thiocarbonyl (C=S) groups is 1.